The minimum absolute atomic E-state index is 0.136. The van der Waals surface area contributed by atoms with E-state index in [0.29, 0.717) is 11.5 Å². The molecule has 0 aliphatic rings. The summed E-state index contributed by atoms with van der Waals surface area (Å²) in [6.45, 7) is 4.08. The number of benzene rings is 1. The average molecular weight is 268 g/mol. The zero-order valence-electron chi connectivity index (χ0n) is 11.6. The first kappa shape index (κ1) is 12.6. The Balaban J connectivity index is 2.19. The molecule has 5 heteroatoms. The van der Waals surface area contributed by atoms with E-state index in [1.54, 1.807) is 6.07 Å². The van der Waals surface area contributed by atoms with Crippen molar-refractivity contribution in [2.24, 2.45) is 0 Å². The fourth-order valence-corrected chi connectivity index (χ4v) is 2.27. The van der Waals surface area contributed by atoms with Crippen molar-refractivity contribution in [1.82, 2.24) is 19.6 Å². The molecule has 5 nitrogen and oxygen atoms in total. The first-order chi connectivity index (χ1) is 9.69. The fraction of sp³-hybridized carbons (Fsp3) is 0.267. The van der Waals surface area contributed by atoms with Gasteiger partial charge in [-0.2, -0.15) is 9.50 Å². The van der Waals surface area contributed by atoms with Crippen LogP contribution in [0.25, 0.3) is 17.0 Å². The number of hydrogen-bond donors (Lipinski definition) is 1. The summed E-state index contributed by atoms with van der Waals surface area (Å²) in [7, 11) is 0. The number of aromatic nitrogens is 4. The second-order valence-corrected chi connectivity index (χ2v) is 4.85. The molecule has 2 heterocycles. The Morgan fingerprint density at radius 1 is 1.25 bits per heavy atom. The highest BCUT2D eigenvalue weighted by atomic mass is 16.1. The molecule has 3 aromatic rings. The summed E-state index contributed by atoms with van der Waals surface area (Å²) in [5.41, 5.74) is 2.59. The minimum atomic E-state index is -0.136. The van der Waals surface area contributed by atoms with Crippen LogP contribution < -0.4 is 5.56 Å². The number of fused-ring (bicyclic) bond motifs is 1. The molecule has 0 amide bonds. The van der Waals surface area contributed by atoms with Gasteiger partial charge in [0.25, 0.3) is 11.3 Å². The van der Waals surface area contributed by atoms with Crippen molar-refractivity contribution >= 4 is 5.78 Å². The van der Waals surface area contributed by atoms with Gasteiger partial charge in [0.05, 0.1) is 5.69 Å². The van der Waals surface area contributed by atoms with E-state index in [-0.39, 0.29) is 5.56 Å². The highest BCUT2D eigenvalue weighted by Gasteiger charge is 2.10. The number of H-pyrrole nitrogens is 1. The summed E-state index contributed by atoms with van der Waals surface area (Å²) >= 11 is 0. The van der Waals surface area contributed by atoms with Crippen molar-refractivity contribution in [3.8, 4) is 11.3 Å². The molecule has 0 radical (unpaired) electrons. The Morgan fingerprint density at radius 2 is 2.05 bits per heavy atom. The number of nitrogens with one attached hydrogen (secondary N) is 1. The lowest BCUT2D eigenvalue weighted by Crippen LogP contribution is -2.14. The van der Waals surface area contributed by atoms with Crippen LogP contribution in [-0.2, 0) is 6.42 Å². The van der Waals surface area contributed by atoms with E-state index in [4.69, 9.17) is 0 Å². The van der Waals surface area contributed by atoms with E-state index in [0.717, 1.165) is 29.8 Å². The lowest BCUT2D eigenvalue weighted by atomic mass is 10.1. The molecule has 0 unspecified atom stereocenters. The zero-order valence-corrected chi connectivity index (χ0v) is 11.6. The quantitative estimate of drug-likeness (QED) is 0.793. The molecule has 0 atom stereocenters. The SMILES string of the molecule is CCCc1nc2nc(-c3ccccc3C)cc(=O)n2[nH]1. The van der Waals surface area contributed by atoms with Crippen LogP contribution >= 0.6 is 0 Å². The highest BCUT2D eigenvalue weighted by Crippen LogP contribution is 2.19. The molecule has 0 bridgehead atoms. The van der Waals surface area contributed by atoms with Crippen molar-refractivity contribution in [2.75, 3.05) is 0 Å². The van der Waals surface area contributed by atoms with Gasteiger partial charge in [-0.15, -0.1) is 0 Å². The van der Waals surface area contributed by atoms with E-state index >= 15 is 0 Å². The van der Waals surface area contributed by atoms with Gasteiger partial charge in [0.2, 0.25) is 0 Å². The van der Waals surface area contributed by atoms with E-state index in [9.17, 15) is 4.79 Å². The molecule has 1 N–H and O–H groups in total. The van der Waals surface area contributed by atoms with Crippen LogP contribution in [0.4, 0.5) is 0 Å². The maximum atomic E-state index is 12.2. The molecule has 0 aliphatic carbocycles. The van der Waals surface area contributed by atoms with E-state index in [1.165, 1.54) is 4.52 Å². The lowest BCUT2D eigenvalue weighted by Gasteiger charge is -2.03. The molecule has 0 spiro atoms. The topological polar surface area (TPSA) is 63.1 Å². The van der Waals surface area contributed by atoms with Gasteiger partial charge >= 0.3 is 0 Å². The Hall–Kier alpha value is -2.43. The third kappa shape index (κ3) is 2.11. The lowest BCUT2D eigenvalue weighted by molar-refractivity contribution is 0.806. The van der Waals surface area contributed by atoms with Gasteiger partial charge in [-0.05, 0) is 18.9 Å². The summed E-state index contributed by atoms with van der Waals surface area (Å²) in [6.07, 6.45) is 1.78. The number of aryl methyl sites for hydroxylation is 2. The summed E-state index contributed by atoms with van der Waals surface area (Å²) in [5, 5.41) is 2.99. The molecule has 102 valence electrons. The third-order valence-electron chi connectivity index (χ3n) is 3.28. The Kier molecular flexibility index (Phi) is 3.10. The van der Waals surface area contributed by atoms with Gasteiger partial charge in [-0.1, -0.05) is 31.2 Å². The Labute approximate surface area is 116 Å². The Morgan fingerprint density at radius 3 is 2.80 bits per heavy atom. The van der Waals surface area contributed by atoms with Crippen LogP contribution in [0.1, 0.15) is 24.7 Å². The van der Waals surface area contributed by atoms with Gasteiger partial charge in [-0.25, -0.2) is 4.98 Å². The number of aromatic amines is 1. The smallest absolute Gasteiger partial charge is 0.274 e. The molecule has 0 saturated carbocycles. The largest absolute Gasteiger partial charge is 0.275 e. The monoisotopic (exact) mass is 268 g/mol. The van der Waals surface area contributed by atoms with Crippen LogP contribution in [0.5, 0.6) is 0 Å². The van der Waals surface area contributed by atoms with Crippen molar-refractivity contribution in [3.63, 3.8) is 0 Å². The van der Waals surface area contributed by atoms with Crippen LogP contribution in [0, 0.1) is 6.92 Å². The molecule has 0 fully saturated rings. The van der Waals surface area contributed by atoms with Gasteiger partial charge in [0.15, 0.2) is 0 Å². The molecule has 1 aromatic carbocycles. The normalized spacial score (nSPS) is 11.1. The third-order valence-corrected chi connectivity index (χ3v) is 3.28. The van der Waals surface area contributed by atoms with Gasteiger partial charge < -0.3 is 0 Å². The van der Waals surface area contributed by atoms with Crippen molar-refractivity contribution in [3.05, 3.63) is 52.1 Å². The number of nitrogens with zero attached hydrogens (tertiary/aromatic N) is 3. The predicted octanol–water partition coefficient (Wildman–Crippen LogP) is 2.35. The van der Waals surface area contributed by atoms with Crippen molar-refractivity contribution in [1.29, 1.82) is 0 Å². The molecule has 0 saturated heterocycles. The van der Waals surface area contributed by atoms with Crippen LogP contribution in [0.3, 0.4) is 0 Å². The van der Waals surface area contributed by atoms with E-state index < -0.39 is 0 Å². The van der Waals surface area contributed by atoms with Crippen LogP contribution in [0.15, 0.2) is 35.1 Å². The zero-order chi connectivity index (χ0) is 14.1. The van der Waals surface area contributed by atoms with Crippen molar-refractivity contribution in [2.45, 2.75) is 26.7 Å². The summed E-state index contributed by atoms with van der Waals surface area (Å²) in [6, 6.07) is 9.43. The maximum Gasteiger partial charge on any atom is 0.274 e. The highest BCUT2D eigenvalue weighted by molar-refractivity contribution is 5.64. The average Bonchev–Trinajstić information content (AvgIpc) is 2.83. The molecular formula is C15H16N4O. The standard InChI is InChI=1S/C15H16N4O/c1-3-6-13-17-15-16-12(9-14(20)19(15)18-13)11-8-5-4-7-10(11)2/h4-5,7-9H,3,6H2,1-2H3,(H,16,17,18). The predicted molar refractivity (Wildman–Crippen MR) is 77.8 cm³/mol. The van der Waals surface area contributed by atoms with Crippen molar-refractivity contribution < 1.29 is 0 Å². The second kappa shape index (κ2) is 4.92. The van der Waals surface area contributed by atoms with E-state index in [2.05, 4.69) is 22.0 Å². The minimum Gasteiger partial charge on any atom is -0.275 e. The van der Waals surface area contributed by atoms with Crippen LogP contribution in [-0.4, -0.2) is 19.6 Å². The summed E-state index contributed by atoms with van der Waals surface area (Å²) < 4.78 is 1.40. The number of rotatable bonds is 3. The van der Waals surface area contributed by atoms with Crippen LogP contribution in [0.2, 0.25) is 0 Å². The molecule has 20 heavy (non-hydrogen) atoms. The summed E-state index contributed by atoms with van der Waals surface area (Å²) in [5.74, 6) is 1.22. The number of hydrogen-bond acceptors (Lipinski definition) is 3. The first-order valence-corrected chi connectivity index (χ1v) is 6.73. The Bertz CT molecular complexity index is 816. The molecule has 3 rings (SSSR count). The maximum absolute atomic E-state index is 12.2. The van der Waals surface area contributed by atoms with Gasteiger partial charge in [0.1, 0.15) is 5.82 Å². The first-order valence-electron chi connectivity index (χ1n) is 6.73. The summed E-state index contributed by atoms with van der Waals surface area (Å²) in [4.78, 5) is 21.0. The fourth-order valence-electron chi connectivity index (χ4n) is 2.27. The molecular weight excluding hydrogens is 252 g/mol. The van der Waals surface area contributed by atoms with Gasteiger partial charge in [-0.3, -0.25) is 9.89 Å². The molecule has 0 aliphatic heterocycles. The van der Waals surface area contributed by atoms with E-state index in [1.807, 2.05) is 31.2 Å². The molecule has 2 aromatic heterocycles. The van der Waals surface area contributed by atoms with Gasteiger partial charge in [0, 0.05) is 18.1 Å². The second-order valence-electron chi connectivity index (χ2n) is 4.85.